The molecular weight excluding hydrogens is 354 g/mol. The van der Waals surface area contributed by atoms with E-state index in [0.29, 0.717) is 19.0 Å². The van der Waals surface area contributed by atoms with Gasteiger partial charge in [0.2, 0.25) is 5.88 Å². The van der Waals surface area contributed by atoms with E-state index in [0.717, 1.165) is 17.7 Å². The lowest BCUT2D eigenvalue weighted by Gasteiger charge is -2.10. The second-order valence-electron chi connectivity index (χ2n) is 6.76. The van der Waals surface area contributed by atoms with Crippen LogP contribution >= 0.6 is 0 Å². The van der Waals surface area contributed by atoms with Gasteiger partial charge in [0.15, 0.2) is 0 Å². The molecule has 7 heteroatoms. The van der Waals surface area contributed by atoms with Crippen molar-refractivity contribution >= 4 is 6.03 Å². The van der Waals surface area contributed by atoms with Gasteiger partial charge in [0, 0.05) is 44.3 Å². The zero-order valence-corrected chi connectivity index (χ0v) is 16.1. The van der Waals surface area contributed by atoms with E-state index in [-0.39, 0.29) is 12.1 Å². The van der Waals surface area contributed by atoms with Crippen molar-refractivity contribution in [3.05, 3.63) is 78.0 Å². The van der Waals surface area contributed by atoms with Gasteiger partial charge in [0.25, 0.3) is 0 Å². The van der Waals surface area contributed by atoms with Crippen molar-refractivity contribution in [2.24, 2.45) is 0 Å². The van der Waals surface area contributed by atoms with Crippen LogP contribution < -0.4 is 15.4 Å². The molecule has 0 spiro atoms. The van der Waals surface area contributed by atoms with E-state index in [4.69, 9.17) is 4.74 Å². The molecule has 0 aliphatic carbocycles. The second kappa shape index (κ2) is 9.55. The Morgan fingerprint density at radius 1 is 1.04 bits per heavy atom. The van der Waals surface area contributed by atoms with Crippen LogP contribution in [0.2, 0.25) is 0 Å². The van der Waals surface area contributed by atoms with Crippen LogP contribution in [-0.4, -0.2) is 26.7 Å². The van der Waals surface area contributed by atoms with E-state index in [1.165, 1.54) is 5.56 Å². The van der Waals surface area contributed by atoms with Crippen LogP contribution in [0.1, 0.15) is 30.5 Å². The summed E-state index contributed by atoms with van der Waals surface area (Å²) in [6, 6.07) is 11.6. The predicted molar refractivity (Wildman–Crippen MR) is 107 cm³/mol. The van der Waals surface area contributed by atoms with E-state index >= 15 is 0 Å². The number of rotatable bonds is 8. The van der Waals surface area contributed by atoms with Crippen LogP contribution in [0.5, 0.6) is 5.88 Å². The van der Waals surface area contributed by atoms with Crippen LogP contribution in [0.15, 0.2) is 61.3 Å². The molecule has 2 aromatic heterocycles. The molecule has 0 aliphatic heterocycles. The maximum atomic E-state index is 12.0. The third kappa shape index (κ3) is 6.12. The van der Waals surface area contributed by atoms with Crippen molar-refractivity contribution in [3.8, 4) is 5.88 Å². The Labute approximate surface area is 164 Å². The number of nitrogens with one attached hydrogen (secondary N) is 2. The van der Waals surface area contributed by atoms with Gasteiger partial charge in [-0.1, -0.05) is 30.3 Å². The average molecular weight is 379 g/mol. The minimum absolute atomic E-state index is 0.0854. The summed E-state index contributed by atoms with van der Waals surface area (Å²) in [4.78, 5) is 20.3. The molecule has 0 saturated heterocycles. The zero-order valence-electron chi connectivity index (χ0n) is 16.1. The Kier molecular flexibility index (Phi) is 6.62. The number of benzene rings is 1. The molecular formula is C21H25N5O2. The summed E-state index contributed by atoms with van der Waals surface area (Å²) < 4.78 is 7.52. The number of aromatic nitrogens is 3. The summed E-state index contributed by atoms with van der Waals surface area (Å²) in [5.74, 6) is 0.583. The van der Waals surface area contributed by atoms with Gasteiger partial charge in [-0.3, -0.25) is 0 Å². The third-order valence-corrected chi connectivity index (χ3v) is 4.01. The van der Waals surface area contributed by atoms with Gasteiger partial charge in [-0.2, -0.15) is 0 Å². The SMILES string of the molecule is CC(C)Oc1ccc(CNC(=O)NCc2ccc(Cn3ccnc3)cc2)cn1. The smallest absolute Gasteiger partial charge is 0.315 e. The summed E-state index contributed by atoms with van der Waals surface area (Å²) in [5.41, 5.74) is 3.14. The fourth-order valence-corrected chi connectivity index (χ4v) is 2.61. The summed E-state index contributed by atoms with van der Waals surface area (Å²) in [5, 5.41) is 5.69. The summed E-state index contributed by atoms with van der Waals surface area (Å²) in [7, 11) is 0. The van der Waals surface area contributed by atoms with Gasteiger partial charge < -0.3 is 19.9 Å². The Balaban J connectivity index is 1.40. The first-order valence-electron chi connectivity index (χ1n) is 9.25. The molecule has 0 fully saturated rings. The van der Waals surface area contributed by atoms with Crippen molar-refractivity contribution in [2.75, 3.05) is 0 Å². The molecule has 28 heavy (non-hydrogen) atoms. The molecule has 0 radical (unpaired) electrons. The van der Waals surface area contributed by atoms with Crippen molar-refractivity contribution in [2.45, 2.75) is 39.6 Å². The maximum absolute atomic E-state index is 12.0. The number of imidazole rings is 1. The van der Waals surface area contributed by atoms with Crippen molar-refractivity contribution < 1.29 is 9.53 Å². The quantitative estimate of drug-likeness (QED) is 0.630. The predicted octanol–water partition coefficient (Wildman–Crippen LogP) is 3.11. The molecule has 2 N–H and O–H groups in total. The highest BCUT2D eigenvalue weighted by Gasteiger charge is 2.03. The van der Waals surface area contributed by atoms with E-state index in [2.05, 4.69) is 32.7 Å². The normalized spacial score (nSPS) is 10.7. The highest BCUT2D eigenvalue weighted by atomic mass is 16.5. The number of hydrogen-bond donors (Lipinski definition) is 2. The van der Waals surface area contributed by atoms with Crippen LogP contribution in [0.4, 0.5) is 4.79 Å². The van der Waals surface area contributed by atoms with E-state index in [1.807, 2.05) is 42.8 Å². The Morgan fingerprint density at radius 3 is 2.32 bits per heavy atom. The van der Waals surface area contributed by atoms with E-state index in [9.17, 15) is 4.79 Å². The lowest BCUT2D eigenvalue weighted by Crippen LogP contribution is -2.34. The number of carbonyl (C=O) groups excluding carboxylic acids is 1. The van der Waals surface area contributed by atoms with Crippen LogP contribution in [0.25, 0.3) is 0 Å². The van der Waals surface area contributed by atoms with E-state index < -0.39 is 0 Å². The molecule has 2 amide bonds. The van der Waals surface area contributed by atoms with Crippen molar-refractivity contribution in [3.63, 3.8) is 0 Å². The van der Waals surface area contributed by atoms with E-state index in [1.54, 1.807) is 24.8 Å². The third-order valence-electron chi connectivity index (χ3n) is 4.01. The van der Waals surface area contributed by atoms with Gasteiger partial charge in [-0.05, 0) is 30.5 Å². The van der Waals surface area contributed by atoms with Gasteiger partial charge in [0.1, 0.15) is 0 Å². The lowest BCUT2D eigenvalue weighted by atomic mass is 10.1. The van der Waals surface area contributed by atoms with Gasteiger partial charge in [-0.25, -0.2) is 14.8 Å². The first-order valence-corrected chi connectivity index (χ1v) is 9.25. The number of pyridine rings is 1. The highest BCUT2D eigenvalue weighted by molar-refractivity contribution is 5.73. The van der Waals surface area contributed by atoms with Crippen LogP contribution in [-0.2, 0) is 19.6 Å². The fourth-order valence-electron chi connectivity index (χ4n) is 2.61. The number of hydrogen-bond acceptors (Lipinski definition) is 4. The average Bonchev–Trinajstić information content (AvgIpc) is 3.19. The zero-order chi connectivity index (χ0) is 19.8. The fraction of sp³-hybridized carbons (Fsp3) is 0.286. The summed E-state index contributed by atoms with van der Waals surface area (Å²) in [6.45, 7) is 5.56. The number of carbonyl (C=O) groups is 1. The second-order valence-corrected chi connectivity index (χ2v) is 6.76. The Hall–Kier alpha value is -3.35. The molecule has 1 aromatic carbocycles. The Morgan fingerprint density at radius 2 is 1.71 bits per heavy atom. The first-order chi connectivity index (χ1) is 13.6. The minimum atomic E-state index is -0.218. The molecule has 7 nitrogen and oxygen atoms in total. The number of ether oxygens (including phenoxy) is 1. The standard InChI is InChI=1S/C21H25N5O2/c1-16(2)28-20-8-7-19(12-23-20)13-25-21(27)24-11-17-3-5-18(6-4-17)14-26-10-9-22-15-26/h3-10,12,15-16H,11,13-14H2,1-2H3,(H2,24,25,27). The van der Waals surface area contributed by atoms with Gasteiger partial charge in [-0.15, -0.1) is 0 Å². The molecule has 0 aliphatic rings. The number of urea groups is 1. The molecule has 3 aromatic rings. The van der Waals surface area contributed by atoms with Gasteiger partial charge in [0.05, 0.1) is 12.4 Å². The van der Waals surface area contributed by atoms with Crippen molar-refractivity contribution in [1.82, 2.24) is 25.2 Å². The molecule has 2 heterocycles. The molecule has 0 atom stereocenters. The van der Waals surface area contributed by atoms with Crippen LogP contribution in [0.3, 0.4) is 0 Å². The summed E-state index contributed by atoms with van der Waals surface area (Å²) in [6.07, 6.45) is 7.28. The molecule has 3 rings (SSSR count). The summed E-state index contributed by atoms with van der Waals surface area (Å²) >= 11 is 0. The maximum Gasteiger partial charge on any atom is 0.315 e. The molecule has 146 valence electrons. The monoisotopic (exact) mass is 379 g/mol. The molecule has 0 unspecified atom stereocenters. The molecule has 0 saturated carbocycles. The van der Waals surface area contributed by atoms with Gasteiger partial charge >= 0.3 is 6.03 Å². The lowest BCUT2D eigenvalue weighted by molar-refractivity contribution is 0.232. The van der Waals surface area contributed by atoms with Crippen molar-refractivity contribution in [1.29, 1.82) is 0 Å². The number of amides is 2. The minimum Gasteiger partial charge on any atom is -0.475 e. The largest absolute Gasteiger partial charge is 0.475 e. The number of nitrogens with zero attached hydrogens (tertiary/aromatic N) is 3. The van der Waals surface area contributed by atoms with Crippen LogP contribution in [0, 0.1) is 0 Å². The first kappa shape index (κ1) is 19.4. The highest BCUT2D eigenvalue weighted by Crippen LogP contribution is 2.09. The Bertz CT molecular complexity index is 859. The molecule has 0 bridgehead atoms. The topological polar surface area (TPSA) is 81.1 Å².